The SMILES string of the molecule is C#Cc1cc(C(=O)OCC)no1. The summed E-state index contributed by atoms with van der Waals surface area (Å²) in [5, 5.41) is 3.41. The van der Waals surface area contributed by atoms with E-state index in [0.717, 1.165) is 0 Å². The van der Waals surface area contributed by atoms with Gasteiger partial charge in [0.25, 0.3) is 0 Å². The summed E-state index contributed by atoms with van der Waals surface area (Å²) in [4.78, 5) is 11.0. The quantitative estimate of drug-likeness (QED) is 0.481. The molecule has 0 radical (unpaired) electrons. The van der Waals surface area contributed by atoms with Crippen molar-refractivity contribution in [2.45, 2.75) is 6.92 Å². The smallest absolute Gasteiger partial charge is 0.360 e. The van der Waals surface area contributed by atoms with Gasteiger partial charge in [0.05, 0.1) is 6.61 Å². The molecule has 12 heavy (non-hydrogen) atoms. The lowest BCUT2D eigenvalue weighted by Gasteiger charge is -1.93. The number of esters is 1. The molecule has 0 spiro atoms. The van der Waals surface area contributed by atoms with Gasteiger partial charge in [0, 0.05) is 6.07 Å². The molecule has 0 bridgehead atoms. The number of carbonyl (C=O) groups is 1. The van der Waals surface area contributed by atoms with E-state index in [2.05, 4.69) is 20.3 Å². The first kappa shape index (κ1) is 8.34. The summed E-state index contributed by atoms with van der Waals surface area (Å²) in [5.41, 5.74) is 0.102. The van der Waals surface area contributed by atoms with Crippen LogP contribution < -0.4 is 0 Å². The zero-order valence-electron chi connectivity index (χ0n) is 6.53. The topological polar surface area (TPSA) is 52.3 Å². The Kier molecular flexibility index (Phi) is 2.49. The van der Waals surface area contributed by atoms with Crippen LogP contribution in [0.5, 0.6) is 0 Å². The minimum Gasteiger partial charge on any atom is -0.461 e. The molecule has 0 saturated heterocycles. The van der Waals surface area contributed by atoms with Crippen LogP contribution >= 0.6 is 0 Å². The van der Waals surface area contributed by atoms with Crippen LogP contribution in [0.2, 0.25) is 0 Å². The minimum atomic E-state index is -0.525. The zero-order chi connectivity index (χ0) is 8.97. The molecule has 0 fully saturated rings. The van der Waals surface area contributed by atoms with E-state index in [1.807, 2.05) is 0 Å². The second kappa shape index (κ2) is 3.58. The van der Waals surface area contributed by atoms with Gasteiger partial charge in [0.2, 0.25) is 5.76 Å². The van der Waals surface area contributed by atoms with E-state index in [1.165, 1.54) is 6.07 Å². The standard InChI is InChI=1S/C8H7NO3/c1-3-6-5-7(9-12-6)8(10)11-4-2/h1,5H,4H2,2H3. The van der Waals surface area contributed by atoms with Crippen molar-refractivity contribution in [1.82, 2.24) is 5.16 Å². The largest absolute Gasteiger partial charge is 0.461 e. The number of terminal acetylenes is 1. The Hall–Kier alpha value is -1.76. The fraction of sp³-hybridized carbons (Fsp3) is 0.250. The third kappa shape index (κ3) is 1.64. The van der Waals surface area contributed by atoms with Gasteiger partial charge in [-0.15, -0.1) is 6.42 Å². The van der Waals surface area contributed by atoms with Crippen LogP contribution in [0.3, 0.4) is 0 Å². The molecule has 0 aliphatic rings. The van der Waals surface area contributed by atoms with Gasteiger partial charge in [-0.2, -0.15) is 0 Å². The molecule has 0 unspecified atom stereocenters. The number of carbonyl (C=O) groups excluding carboxylic acids is 1. The molecule has 0 N–H and O–H groups in total. The normalized spacial score (nSPS) is 9.00. The van der Waals surface area contributed by atoms with Gasteiger partial charge in [-0.1, -0.05) is 5.16 Å². The van der Waals surface area contributed by atoms with Gasteiger partial charge in [-0.05, 0) is 12.8 Å². The molecule has 1 heterocycles. The number of aromatic nitrogens is 1. The number of nitrogens with zero attached hydrogens (tertiary/aromatic N) is 1. The van der Waals surface area contributed by atoms with Crippen molar-refractivity contribution in [1.29, 1.82) is 0 Å². The zero-order valence-corrected chi connectivity index (χ0v) is 6.53. The van der Waals surface area contributed by atoms with Crippen LogP contribution in [0, 0.1) is 12.3 Å². The third-order valence-corrected chi connectivity index (χ3v) is 1.14. The number of ether oxygens (including phenoxy) is 1. The first-order valence-corrected chi connectivity index (χ1v) is 3.38. The van der Waals surface area contributed by atoms with E-state index in [1.54, 1.807) is 6.92 Å². The van der Waals surface area contributed by atoms with E-state index >= 15 is 0 Å². The van der Waals surface area contributed by atoms with Crippen LogP contribution in [-0.4, -0.2) is 17.7 Å². The molecule has 0 saturated carbocycles. The van der Waals surface area contributed by atoms with E-state index in [-0.39, 0.29) is 11.5 Å². The lowest BCUT2D eigenvalue weighted by Crippen LogP contribution is -2.04. The maximum Gasteiger partial charge on any atom is 0.360 e. The molecule has 0 atom stereocenters. The Balaban J connectivity index is 2.76. The van der Waals surface area contributed by atoms with Crippen molar-refractivity contribution in [2.24, 2.45) is 0 Å². The summed E-state index contributed by atoms with van der Waals surface area (Å²) in [6, 6.07) is 1.36. The van der Waals surface area contributed by atoms with Gasteiger partial charge in [0.15, 0.2) is 5.69 Å². The Morgan fingerprint density at radius 2 is 2.67 bits per heavy atom. The Morgan fingerprint density at radius 3 is 3.17 bits per heavy atom. The molecule has 1 aromatic heterocycles. The molecule has 0 aliphatic heterocycles. The number of rotatable bonds is 2. The van der Waals surface area contributed by atoms with Crippen molar-refractivity contribution in [3.8, 4) is 12.3 Å². The van der Waals surface area contributed by atoms with Crippen molar-refractivity contribution < 1.29 is 14.1 Å². The van der Waals surface area contributed by atoms with Crippen molar-refractivity contribution in [3.05, 3.63) is 17.5 Å². The summed E-state index contributed by atoms with van der Waals surface area (Å²) >= 11 is 0. The van der Waals surface area contributed by atoms with Crippen LogP contribution in [0.15, 0.2) is 10.6 Å². The average Bonchev–Trinajstić information content (AvgIpc) is 2.52. The summed E-state index contributed by atoms with van der Waals surface area (Å²) in [5.74, 6) is 1.90. The fourth-order valence-electron chi connectivity index (χ4n) is 0.644. The van der Waals surface area contributed by atoms with Gasteiger partial charge < -0.3 is 9.26 Å². The number of hydrogen-bond donors (Lipinski definition) is 0. The Bertz CT molecular complexity index is 321. The summed E-state index contributed by atoms with van der Waals surface area (Å²) in [6.45, 7) is 2.01. The summed E-state index contributed by atoms with van der Waals surface area (Å²) in [6.07, 6.45) is 5.00. The first-order chi connectivity index (χ1) is 5.77. The molecule has 62 valence electrons. The molecular weight excluding hydrogens is 158 g/mol. The predicted octanol–water partition coefficient (Wildman–Crippen LogP) is 0.833. The second-order valence-electron chi connectivity index (χ2n) is 1.94. The molecule has 0 aliphatic carbocycles. The van der Waals surface area contributed by atoms with Gasteiger partial charge in [0.1, 0.15) is 0 Å². The highest BCUT2D eigenvalue weighted by Gasteiger charge is 2.11. The monoisotopic (exact) mass is 165 g/mol. The maximum atomic E-state index is 11.0. The molecule has 4 nitrogen and oxygen atoms in total. The summed E-state index contributed by atoms with van der Waals surface area (Å²) < 4.78 is 9.25. The van der Waals surface area contributed by atoms with Gasteiger partial charge >= 0.3 is 5.97 Å². The Labute approximate surface area is 69.5 Å². The molecular formula is C8H7NO3. The Morgan fingerprint density at radius 1 is 1.92 bits per heavy atom. The second-order valence-corrected chi connectivity index (χ2v) is 1.94. The van der Waals surface area contributed by atoms with Crippen molar-refractivity contribution >= 4 is 5.97 Å². The highest BCUT2D eigenvalue weighted by atomic mass is 16.5. The van der Waals surface area contributed by atoms with Crippen molar-refractivity contribution in [2.75, 3.05) is 6.61 Å². The van der Waals surface area contributed by atoms with E-state index < -0.39 is 5.97 Å². The predicted molar refractivity (Wildman–Crippen MR) is 40.4 cm³/mol. The third-order valence-electron chi connectivity index (χ3n) is 1.14. The first-order valence-electron chi connectivity index (χ1n) is 3.38. The highest BCUT2D eigenvalue weighted by Crippen LogP contribution is 2.02. The lowest BCUT2D eigenvalue weighted by molar-refractivity contribution is 0.0514. The average molecular weight is 165 g/mol. The maximum absolute atomic E-state index is 11.0. The van der Waals surface area contributed by atoms with Gasteiger partial charge in [-0.25, -0.2) is 4.79 Å². The van der Waals surface area contributed by atoms with Crippen LogP contribution in [-0.2, 0) is 4.74 Å². The molecule has 1 aromatic rings. The minimum absolute atomic E-state index is 0.102. The molecule has 1 rings (SSSR count). The van der Waals surface area contributed by atoms with Gasteiger partial charge in [-0.3, -0.25) is 0 Å². The highest BCUT2D eigenvalue weighted by molar-refractivity contribution is 5.87. The van der Waals surface area contributed by atoms with Crippen molar-refractivity contribution in [3.63, 3.8) is 0 Å². The summed E-state index contributed by atoms with van der Waals surface area (Å²) in [7, 11) is 0. The lowest BCUT2D eigenvalue weighted by atomic mass is 10.4. The van der Waals surface area contributed by atoms with Crippen LogP contribution in [0.1, 0.15) is 23.2 Å². The number of hydrogen-bond acceptors (Lipinski definition) is 4. The van der Waals surface area contributed by atoms with E-state index in [4.69, 9.17) is 6.42 Å². The molecule has 0 amide bonds. The van der Waals surface area contributed by atoms with E-state index in [0.29, 0.717) is 6.61 Å². The van der Waals surface area contributed by atoms with Crippen LogP contribution in [0.4, 0.5) is 0 Å². The molecule has 0 aromatic carbocycles. The molecule has 4 heteroatoms. The van der Waals surface area contributed by atoms with Crippen LogP contribution in [0.25, 0.3) is 0 Å². The van der Waals surface area contributed by atoms with E-state index in [9.17, 15) is 4.79 Å². The fourth-order valence-corrected chi connectivity index (χ4v) is 0.644.